The van der Waals surface area contributed by atoms with Crippen LogP contribution in [0.1, 0.15) is 39.5 Å². The SMILES string of the molecule is CC1OC2(CS1)CN1CCC2CC1.CC1OC2(CS1)CN1CCC2CC1. The largest absolute Gasteiger partial charge is 0.359 e. The molecule has 0 aromatic carbocycles. The number of fused-ring (bicyclic) bond motifs is 4. The normalized spacial score (nSPS) is 54.7. The van der Waals surface area contributed by atoms with Crippen molar-refractivity contribution in [3.63, 3.8) is 0 Å². The minimum absolute atomic E-state index is 0.251. The van der Waals surface area contributed by atoms with Crippen molar-refractivity contribution in [1.29, 1.82) is 0 Å². The highest BCUT2D eigenvalue weighted by molar-refractivity contribution is 8.00. The molecule has 4 nitrogen and oxygen atoms in total. The maximum atomic E-state index is 6.14. The van der Waals surface area contributed by atoms with Gasteiger partial charge in [-0.05, 0) is 77.5 Å². The number of thioether (sulfide) groups is 2. The Bertz CT molecular complexity index is 476. The monoisotopic (exact) mass is 398 g/mol. The molecule has 4 unspecified atom stereocenters. The van der Waals surface area contributed by atoms with Gasteiger partial charge in [-0.3, -0.25) is 0 Å². The summed E-state index contributed by atoms with van der Waals surface area (Å²) in [5, 5.41) is 0. The second kappa shape index (κ2) is 7.10. The molecule has 8 aliphatic rings. The predicted octanol–water partition coefficient (Wildman–Crippen LogP) is 3.12. The van der Waals surface area contributed by atoms with E-state index in [1.54, 1.807) is 0 Å². The molecule has 4 bridgehead atoms. The van der Waals surface area contributed by atoms with Crippen molar-refractivity contribution < 1.29 is 9.47 Å². The molecule has 8 aliphatic heterocycles. The Morgan fingerprint density at radius 2 is 1.08 bits per heavy atom. The summed E-state index contributed by atoms with van der Waals surface area (Å²) >= 11 is 3.99. The van der Waals surface area contributed by atoms with E-state index < -0.39 is 0 Å². The van der Waals surface area contributed by atoms with Gasteiger partial charge in [0, 0.05) is 24.6 Å². The first-order valence-electron chi connectivity index (χ1n) is 10.6. The van der Waals surface area contributed by atoms with E-state index in [4.69, 9.17) is 9.47 Å². The first-order valence-corrected chi connectivity index (χ1v) is 12.7. The number of rotatable bonds is 0. The van der Waals surface area contributed by atoms with Crippen molar-refractivity contribution in [3.8, 4) is 0 Å². The van der Waals surface area contributed by atoms with Crippen molar-refractivity contribution >= 4 is 23.5 Å². The highest BCUT2D eigenvalue weighted by atomic mass is 32.2. The molecule has 0 aromatic heterocycles. The quantitative estimate of drug-likeness (QED) is 0.622. The van der Waals surface area contributed by atoms with Gasteiger partial charge in [0.15, 0.2) is 0 Å². The van der Waals surface area contributed by atoms with Crippen LogP contribution in [0.4, 0.5) is 0 Å². The second-order valence-electron chi connectivity index (χ2n) is 9.22. The number of hydrogen-bond donors (Lipinski definition) is 0. The molecule has 2 spiro atoms. The maximum absolute atomic E-state index is 6.14. The number of nitrogens with zero attached hydrogens (tertiary/aromatic N) is 2. The van der Waals surface area contributed by atoms with E-state index in [0.717, 1.165) is 11.8 Å². The second-order valence-corrected chi connectivity index (χ2v) is 11.8. The summed E-state index contributed by atoms with van der Waals surface area (Å²) in [6.07, 6.45) is 5.47. The summed E-state index contributed by atoms with van der Waals surface area (Å²) in [6.45, 7) is 12.0. The minimum atomic E-state index is 0.251. The van der Waals surface area contributed by atoms with E-state index >= 15 is 0 Å². The zero-order chi connectivity index (χ0) is 17.8. The average Bonchev–Trinajstić information content (AvgIpc) is 3.20. The van der Waals surface area contributed by atoms with E-state index in [1.807, 2.05) is 23.5 Å². The van der Waals surface area contributed by atoms with E-state index in [-0.39, 0.29) is 11.2 Å². The molecule has 148 valence electrons. The number of piperidine rings is 6. The van der Waals surface area contributed by atoms with Crippen molar-refractivity contribution in [2.24, 2.45) is 11.8 Å². The van der Waals surface area contributed by atoms with E-state index in [2.05, 4.69) is 23.6 Å². The summed E-state index contributed by atoms with van der Waals surface area (Å²) in [4.78, 5) is 5.16. The third kappa shape index (κ3) is 3.26. The topological polar surface area (TPSA) is 24.9 Å². The Balaban J connectivity index is 0.000000115. The van der Waals surface area contributed by atoms with Crippen molar-refractivity contribution in [1.82, 2.24) is 9.80 Å². The molecule has 4 atom stereocenters. The van der Waals surface area contributed by atoms with Gasteiger partial charge in [0.2, 0.25) is 0 Å². The Morgan fingerprint density at radius 1 is 0.692 bits per heavy atom. The van der Waals surface area contributed by atoms with Gasteiger partial charge in [0.25, 0.3) is 0 Å². The maximum Gasteiger partial charge on any atom is 0.101 e. The predicted molar refractivity (Wildman–Crippen MR) is 110 cm³/mol. The van der Waals surface area contributed by atoms with Crippen LogP contribution in [-0.2, 0) is 9.47 Å². The van der Waals surface area contributed by atoms with Crippen LogP contribution in [0.2, 0.25) is 0 Å². The molecular formula is C20H34N2O2S2. The van der Waals surface area contributed by atoms with Crippen LogP contribution in [-0.4, -0.2) is 82.6 Å². The molecule has 6 heteroatoms. The molecule has 0 N–H and O–H groups in total. The molecule has 0 amide bonds. The third-order valence-electron chi connectivity index (χ3n) is 7.57. The Morgan fingerprint density at radius 3 is 1.31 bits per heavy atom. The molecule has 0 aliphatic carbocycles. The summed E-state index contributed by atoms with van der Waals surface area (Å²) in [7, 11) is 0. The summed E-state index contributed by atoms with van der Waals surface area (Å²) in [6, 6.07) is 0. The molecule has 8 heterocycles. The number of ether oxygens (including phenoxy) is 2. The van der Waals surface area contributed by atoms with Crippen LogP contribution >= 0.6 is 23.5 Å². The third-order valence-corrected chi connectivity index (χ3v) is 10.0. The standard InChI is InChI=1S/2C10H17NOS/c2*1-8-12-10(7-13-8)6-11-4-2-9(10)3-5-11/h2*8-9H,2-7H2,1H3. The van der Waals surface area contributed by atoms with Crippen LogP contribution in [0.3, 0.4) is 0 Å². The molecule has 0 saturated carbocycles. The Hall–Kier alpha value is 0.540. The zero-order valence-corrected chi connectivity index (χ0v) is 18.0. The number of hydrogen-bond acceptors (Lipinski definition) is 6. The molecule has 26 heavy (non-hydrogen) atoms. The van der Waals surface area contributed by atoms with Crippen LogP contribution < -0.4 is 0 Å². The molecule has 8 fully saturated rings. The fourth-order valence-corrected chi connectivity index (χ4v) is 8.50. The van der Waals surface area contributed by atoms with Crippen molar-refractivity contribution in [3.05, 3.63) is 0 Å². The van der Waals surface area contributed by atoms with Crippen LogP contribution in [0.25, 0.3) is 0 Å². The molecule has 0 radical (unpaired) electrons. The van der Waals surface area contributed by atoms with Gasteiger partial charge in [0.05, 0.1) is 11.2 Å². The van der Waals surface area contributed by atoms with Crippen LogP contribution in [0, 0.1) is 11.8 Å². The highest BCUT2D eigenvalue weighted by Crippen LogP contribution is 2.47. The highest BCUT2D eigenvalue weighted by Gasteiger charge is 2.52. The first-order chi connectivity index (χ1) is 12.6. The lowest BCUT2D eigenvalue weighted by Gasteiger charge is -2.50. The Kier molecular flexibility index (Phi) is 5.07. The minimum Gasteiger partial charge on any atom is -0.359 e. The van der Waals surface area contributed by atoms with Gasteiger partial charge in [-0.2, -0.15) is 0 Å². The lowest BCUT2D eigenvalue weighted by atomic mass is 9.76. The summed E-state index contributed by atoms with van der Waals surface area (Å²) in [5.41, 5.74) is 1.36. The fraction of sp³-hybridized carbons (Fsp3) is 1.00. The van der Waals surface area contributed by atoms with Gasteiger partial charge >= 0.3 is 0 Å². The van der Waals surface area contributed by atoms with Gasteiger partial charge in [-0.25, -0.2) is 0 Å². The van der Waals surface area contributed by atoms with Gasteiger partial charge in [-0.1, -0.05) is 0 Å². The van der Waals surface area contributed by atoms with Gasteiger partial charge in [0.1, 0.15) is 10.9 Å². The van der Waals surface area contributed by atoms with E-state index in [0.29, 0.717) is 10.9 Å². The molecule has 8 saturated heterocycles. The molecule has 8 rings (SSSR count). The molecular weight excluding hydrogens is 364 g/mol. The lowest BCUT2D eigenvalue weighted by Crippen LogP contribution is -2.60. The van der Waals surface area contributed by atoms with Crippen molar-refractivity contribution in [2.45, 2.75) is 61.6 Å². The van der Waals surface area contributed by atoms with Crippen molar-refractivity contribution in [2.75, 3.05) is 50.8 Å². The van der Waals surface area contributed by atoms with Crippen LogP contribution in [0.5, 0.6) is 0 Å². The van der Waals surface area contributed by atoms with Gasteiger partial charge < -0.3 is 19.3 Å². The summed E-state index contributed by atoms with van der Waals surface area (Å²) < 4.78 is 12.3. The fourth-order valence-electron chi connectivity index (χ4n) is 6.16. The zero-order valence-electron chi connectivity index (χ0n) is 16.3. The summed E-state index contributed by atoms with van der Waals surface area (Å²) in [5.74, 6) is 4.18. The first kappa shape index (κ1) is 18.6. The smallest absolute Gasteiger partial charge is 0.101 e. The lowest BCUT2D eigenvalue weighted by molar-refractivity contribution is -0.133. The van der Waals surface area contributed by atoms with E-state index in [9.17, 15) is 0 Å². The Labute approximate surface area is 167 Å². The van der Waals surface area contributed by atoms with Gasteiger partial charge in [-0.15, -0.1) is 23.5 Å². The van der Waals surface area contributed by atoms with Crippen LogP contribution in [0.15, 0.2) is 0 Å². The van der Waals surface area contributed by atoms with E-state index in [1.165, 1.54) is 76.5 Å². The molecule has 0 aromatic rings. The average molecular weight is 399 g/mol.